The fraction of sp³-hybridized carbons (Fsp3) is 0.855. The van der Waals surface area contributed by atoms with E-state index in [1.807, 2.05) is 40.7 Å². The number of hydrogen-bond acceptors (Lipinski definition) is 25. The highest BCUT2D eigenvalue weighted by molar-refractivity contribution is 7.80. The van der Waals surface area contributed by atoms with Gasteiger partial charge in [-0.2, -0.15) is 8.42 Å². The van der Waals surface area contributed by atoms with Gasteiger partial charge in [-0.1, -0.05) is 57.1 Å². The maximum atomic E-state index is 14.7. The van der Waals surface area contributed by atoms with E-state index in [1.165, 1.54) is 21.0 Å². The molecular weight excluding hydrogens is 1110 g/mol. The third-order valence-electron chi connectivity index (χ3n) is 20.0. The minimum atomic E-state index is -5.18. The number of methoxy groups -OCH3 is 1. The lowest BCUT2D eigenvalue weighted by Crippen LogP contribution is -2.66. The maximum Gasteiger partial charge on any atom is 0.397 e. The quantitative estimate of drug-likeness (QED) is 0.0428. The summed E-state index contributed by atoms with van der Waals surface area (Å²) in [7, 11) is -3.98. The van der Waals surface area contributed by atoms with Crippen molar-refractivity contribution in [2.45, 2.75) is 235 Å². The number of cyclic esters (lactones) is 1. The van der Waals surface area contributed by atoms with Crippen LogP contribution in [0.5, 0.6) is 0 Å². The van der Waals surface area contributed by atoms with Gasteiger partial charge in [-0.3, -0.25) is 14.1 Å². The summed E-state index contributed by atoms with van der Waals surface area (Å²) in [5.74, 6) is -1.34. The van der Waals surface area contributed by atoms with Crippen molar-refractivity contribution in [1.82, 2.24) is 0 Å². The molecule has 4 aliphatic carbocycles. The van der Waals surface area contributed by atoms with Crippen LogP contribution in [0.15, 0.2) is 35.5 Å². The van der Waals surface area contributed by atoms with Gasteiger partial charge in [0, 0.05) is 19.4 Å². The van der Waals surface area contributed by atoms with Crippen molar-refractivity contribution in [3.05, 3.63) is 35.5 Å². The van der Waals surface area contributed by atoms with E-state index in [0.717, 1.165) is 11.1 Å². The van der Waals surface area contributed by atoms with E-state index in [2.05, 4.69) is 13.0 Å². The lowest BCUT2D eigenvalue weighted by Gasteiger charge is -2.64. The highest BCUT2D eigenvalue weighted by Gasteiger charge is 2.87. The van der Waals surface area contributed by atoms with E-state index in [1.54, 1.807) is 19.1 Å². The van der Waals surface area contributed by atoms with Gasteiger partial charge in [0.2, 0.25) is 0 Å². The molecule has 27 atom stereocenters. The number of aliphatic hydroxyl groups excluding tert-OH is 8. The number of aliphatic hydroxyl groups is 9. The van der Waals surface area contributed by atoms with Crippen molar-refractivity contribution in [1.29, 1.82) is 0 Å². The summed E-state index contributed by atoms with van der Waals surface area (Å²) >= 11 is 0. The largest absolute Gasteiger partial charge is 0.459 e. The van der Waals surface area contributed by atoms with E-state index in [0.29, 0.717) is 25.7 Å². The second-order valence-electron chi connectivity index (χ2n) is 25.3. The lowest BCUT2D eigenvalue weighted by atomic mass is 9.40. The smallest absolute Gasteiger partial charge is 0.397 e. The van der Waals surface area contributed by atoms with Crippen LogP contribution in [0, 0.1) is 33.5 Å². The summed E-state index contributed by atoms with van der Waals surface area (Å²) in [5, 5.41) is 102. The van der Waals surface area contributed by atoms with E-state index >= 15 is 0 Å². The van der Waals surface area contributed by atoms with Crippen molar-refractivity contribution >= 4 is 22.3 Å². The van der Waals surface area contributed by atoms with Crippen molar-refractivity contribution in [3.63, 3.8) is 0 Å². The Kier molecular flexibility index (Phi) is 18.0. The van der Waals surface area contributed by atoms with Crippen molar-refractivity contribution in [2.24, 2.45) is 33.5 Å². The SMILES string of the molecule is CO[C@@H]1[C@@H](O)[C@H](O[C@@H]2[C@H](O)[C@H](O[C@H]3[C@H](O)[C@@H](O)[C@@H](O[C@@H]4[C@H](O[C@H]5CC[C@]6(C)C7CCC89C(=O)O[C@@](C)(/C=C\C=C(C)C)[C@@]8(O)[C@@H](OC(C)=O)C[C@@]9(C)C7=CC[C@H]6C5(C)C)OC[C@@H](OS(=O)(=O)O)[C@@H]4O)O[C@@H]3C)OC[C@H]2O)O[C@H](CO)[C@H]1O. The van der Waals surface area contributed by atoms with Crippen molar-refractivity contribution < 1.29 is 125 Å². The normalized spacial score (nSPS) is 50.1. The van der Waals surface area contributed by atoms with Gasteiger partial charge in [-0.05, 0) is 95.0 Å². The third-order valence-corrected chi connectivity index (χ3v) is 20.5. The zero-order chi connectivity index (χ0) is 60.2. The first-order valence-corrected chi connectivity index (χ1v) is 29.5. The van der Waals surface area contributed by atoms with Crippen LogP contribution in [-0.2, 0) is 76.3 Å². The molecule has 5 saturated heterocycles. The van der Waals surface area contributed by atoms with Crippen LogP contribution < -0.4 is 0 Å². The molecule has 0 aromatic carbocycles. The van der Waals surface area contributed by atoms with Gasteiger partial charge in [0.1, 0.15) is 90.9 Å². The zero-order valence-corrected chi connectivity index (χ0v) is 48.6. The first-order valence-electron chi connectivity index (χ1n) is 28.1. The van der Waals surface area contributed by atoms with Gasteiger partial charge in [0.25, 0.3) is 0 Å². The number of rotatable bonds is 15. The third kappa shape index (κ3) is 10.5. The summed E-state index contributed by atoms with van der Waals surface area (Å²) in [4.78, 5) is 27.4. The second-order valence-corrected chi connectivity index (χ2v) is 26.4. The number of allylic oxidation sites excluding steroid dienone is 5. The van der Waals surface area contributed by atoms with Gasteiger partial charge < -0.3 is 98.1 Å². The second kappa shape index (κ2) is 23.1. The van der Waals surface area contributed by atoms with Crippen LogP contribution in [0.2, 0.25) is 0 Å². The molecule has 0 bridgehead atoms. The zero-order valence-electron chi connectivity index (χ0n) is 47.8. The molecule has 9 aliphatic rings. The Hall–Kier alpha value is -2.69. The molecule has 5 heterocycles. The maximum absolute atomic E-state index is 14.7. The summed E-state index contributed by atoms with van der Waals surface area (Å²) in [5.41, 5.74) is -5.06. The molecule has 0 amide bonds. The van der Waals surface area contributed by atoms with E-state index < -0.39 is 198 Å². The molecule has 9 rings (SSSR count). The molecule has 27 heteroatoms. The van der Waals surface area contributed by atoms with E-state index in [9.17, 15) is 68.5 Å². The fourth-order valence-corrected chi connectivity index (χ4v) is 16.4. The molecule has 0 aromatic rings. The molecule has 10 N–H and O–H groups in total. The Morgan fingerprint density at radius 1 is 0.768 bits per heavy atom. The Balaban J connectivity index is 0.919. The van der Waals surface area contributed by atoms with Crippen LogP contribution in [0.4, 0.5) is 0 Å². The minimum Gasteiger partial charge on any atom is -0.459 e. The Bertz CT molecular complexity index is 2560. The molecule has 8 fully saturated rings. The molecule has 466 valence electrons. The van der Waals surface area contributed by atoms with E-state index in [-0.39, 0.29) is 24.7 Å². The number of hydrogen-bond donors (Lipinski definition) is 10. The minimum absolute atomic E-state index is 0.0953. The average Bonchev–Trinajstić information content (AvgIpc) is 1.92. The van der Waals surface area contributed by atoms with E-state index in [4.69, 9.17) is 56.3 Å². The first-order chi connectivity index (χ1) is 38.2. The molecule has 2 unspecified atom stereocenters. The fourth-order valence-electron chi connectivity index (χ4n) is 15.9. The van der Waals surface area contributed by atoms with Crippen molar-refractivity contribution in [2.75, 3.05) is 26.9 Å². The number of esters is 2. The molecule has 5 aliphatic heterocycles. The highest BCUT2D eigenvalue weighted by atomic mass is 32.3. The van der Waals surface area contributed by atoms with Gasteiger partial charge in [0.15, 0.2) is 36.4 Å². The van der Waals surface area contributed by atoms with Gasteiger partial charge in [0.05, 0.1) is 32.0 Å². The molecule has 3 saturated carbocycles. The standard InChI is InChI=1S/C55H84O26S/c1-24(2)12-11-17-53(9)55(66)34(74-26(4)57)20-52(8)28-13-14-32-50(5,6)33(16-18-51(32,7)27(28)15-19-54(52,55)49(65)80-53)76-48-44(36(60)31(23-72-48)81-82(67,68)69)79-46-38(62)37(61)41(25(3)73-46)77-45-39(63)42(29(58)22-71-45)78-47-40(64)43(70-10)35(59)30(21-56)75-47/h11-13,17,25,27,29-48,56,58-64,66H,14-16,18-23H2,1-10H3,(H,67,68,69)/b17-11-/t25-,27?,29-,30-,31-,32+,33+,34+,35-,36+,37-,38-,39+,40-,41-,42+,43+,44+,45+,46-,47+,48+,51-,52+,53+,54?,55+/m1/s1. The summed E-state index contributed by atoms with van der Waals surface area (Å²) in [6.45, 7) is 14.7. The molecule has 0 aromatic heterocycles. The van der Waals surface area contributed by atoms with Crippen LogP contribution in [0.3, 0.4) is 0 Å². The number of ether oxygens (including phenoxy) is 11. The first kappa shape index (κ1) is 63.8. The van der Waals surface area contributed by atoms with Gasteiger partial charge in [-0.25, -0.2) is 4.18 Å². The summed E-state index contributed by atoms with van der Waals surface area (Å²) in [6.07, 6.45) is -21.2. The number of fused-ring (bicyclic) bond motifs is 4. The Labute approximate surface area is 476 Å². The monoisotopic (exact) mass is 1190 g/mol. The van der Waals surface area contributed by atoms with Crippen molar-refractivity contribution in [3.8, 4) is 0 Å². The van der Waals surface area contributed by atoms with Gasteiger partial charge in [-0.15, -0.1) is 0 Å². The van der Waals surface area contributed by atoms with Gasteiger partial charge >= 0.3 is 22.3 Å². The summed E-state index contributed by atoms with van der Waals surface area (Å²) in [6, 6.07) is 0. The molecule has 1 spiro atoms. The Morgan fingerprint density at radius 3 is 2.06 bits per heavy atom. The molecular formula is C55H84O26S. The predicted octanol–water partition coefficient (Wildman–Crippen LogP) is -0.489. The van der Waals surface area contributed by atoms with Crippen LogP contribution >= 0.6 is 0 Å². The lowest BCUT2D eigenvalue weighted by molar-refractivity contribution is -0.382. The number of carbonyl (C=O) groups is 2. The number of carbonyl (C=O) groups excluding carboxylic acids is 2. The van der Waals surface area contributed by atoms with Crippen LogP contribution in [0.25, 0.3) is 0 Å². The summed E-state index contributed by atoms with van der Waals surface area (Å²) < 4.78 is 104. The Morgan fingerprint density at radius 2 is 1.41 bits per heavy atom. The molecule has 82 heavy (non-hydrogen) atoms. The topological polar surface area (TPSA) is 381 Å². The molecule has 26 nitrogen and oxygen atoms in total. The highest BCUT2D eigenvalue weighted by Crippen LogP contribution is 2.77. The van der Waals surface area contributed by atoms with Crippen LogP contribution in [-0.4, -0.2) is 232 Å². The van der Waals surface area contributed by atoms with Crippen LogP contribution in [0.1, 0.15) is 101 Å². The average molecular weight is 1190 g/mol. The predicted molar refractivity (Wildman–Crippen MR) is 277 cm³/mol. The molecule has 0 radical (unpaired) electrons.